The highest BCUT2D eigenvalue weighted by molar-refractivity contribution is 7.85. The molecule has 11 heteroatoms. The molecule has 3 unspecified atom stereocenters. The molecule has 4 N–H and O–H groups in total. The summed E-state index contributed by atoms with van der Waals surface area (Å²) in [7, 11) is -3.35. The molecule has 1 aromatic carbocycles. The summed E-state index contributed by atoms with van der Waals surface area (Å²) in [6.45, 7) is 0.950. The van der Waals surface area contributed by atoms with Crippen molar-refractivity contribution in [1.82, 2.24) is 10.2 Å². The number of unbranched alkanes of at least 4 members (excludes halogenated alkanes) is 6. The first-order chi connectivity index (χ1) is 16.2. The Morgan fingerprint density at radius 1 is 1.06 bits per heavy atom. The van der Waals surface area contributed by atoms with Gasteiger partial charge in [0, 0.05) is 29.8 Å². The first kappa shape index (κ1) is 26.6. The van der Waals surface area contributed by atoms with Gasteiger partial charge in [-0.15, -0.1) is 0 Å². The second-order valence-corrected chi connectivity index (χ2v) is 10.5. The lowest BCUT2D eigenvalue weighted by molar-refractivity contribution is -0.154. The molecule has 0 spiro atoms. The molecule has 3 atom stereocenters. The molecule has 190 valence electrons. The van der Waals surface area contributed by atoms with E-state index in [4.69, 9.17) is 4.18 Å². The minimum atomic E-state index is -3.35. The van der Waals surface area contributed by atoms with E-state index in [2.05, 4.69) is 10.6 Å². The number of fused-ring (bicyclic) bond motifs is 1. The second kappa shape index (κ2) is 12.1. The van der Waals surface area contributed by atoms with Gasteiger partial charge in [-0.3, -0.25) is 19.1 Å². The Balaban J connectivity index is 1.41. The largest absolute Gasteiger partial charge is 0.385 e. The zero-order chi connectivity index (χ0) is 24.7. The highest BCUT2D eigenvalue weighted by Crippen LogP contribution is 2.45. The fraction of sp³-hybridized carbons (Fsp3) is 0.652. The van der Waals surface area contributed by atoms with Crippen LogP contribution in [0, 0.1) is 0 Å². The summed E-state index contributed by atoms with van der Waals surface area (Å²) >= 11 is 0. The average molecular weight is 498 g/mol. The standard InChI is InChI=1S/C23H35N3O7S/c1-34(31,32)33-15-8-6-4-2-3-5-7-14-24-17-11-9-10-16-20(17)23(30)26(22(16)29)18-12-13-19(27)25-21(18)28/h9-11,18,22-24,29-30H,2-8,12-15H2,1H3,(H,25,27,28). The summed E-state index contributed by atoms with van der Waals surface area (Å²) in [5.41, 5.74) is 1.85. The summed E-state index contributed by atoms with van der Waals surface area (Å²) < 4.78 is 26.5. The summed E-state index contributed by atoms with van der Waals surface area (Å²) in [5, 5.41) is 27.4. The highest BCUT2D eigenvalue weighted by Gasteiger charge is 2.45. The number of hydrogen-bond donors (Lipinski definition) is 4. The van der Waals surface area contributed by atoms with Gasteiger partial charge in [-0.1, -0.05) is 44.2 Å². The maximum Gasteiger partial charge on any atom is 0.264 e. The van der Waals surface area contributed by atoms with E-state index >= 15 is 0 Å². The number of anilines is 1. The minimum absolute atomic E-state index is 0.169. The topological polar surface area (TPSA) is 145 Å². The van der Waals surface area contributed by atoms with E-state index in [1.54, 1.807) is 12.1 Å². The van der Waals surface area contributed by atoms with Crippen molar-refractivity contribution < 1.29 is 32.4 Å². The Morgan fingerprint density at radius 3 is 2.41 bits per heavy atom. The number of rotatable bonds is 13. The van der Waals surface area contributed by atoms with Crippen molar-refractivity contribution in [2.45, 2.75) is 76.3 Å². The minimum Gasteiger partial charge on any atom is -0.385 e. The molecule has 1 fully saturated rings. The van der Waals surface area contributed by atoms with E-state index in [1.165, 1.54) is 4.90 Å². The van der Waals surface area contributed by atoms with E-state index in [0.29, 0.717) is 17.7 Å². The Bertz CT molecular complexity index is 969. The molecule has 0 saturated carbocycles. The van der Waals surface area contributed by atoms with Crippen molar-refractivity contribution in [3.8, 4) is 0 Å². The number of carbonyl (C=O) groups is 2. The van der Waals surface area contributed by atoms with E-state index in [1.807, 2.05) is 6.07 Å². The first-order valence-electron chi connectivity index (χ1n) is 11.9. The monoisotopic (exact) mass is 497 g/mol. The van der Waals surface area contributed by atoms with E-state index in [9.17, 15) is 28.2 Å². The number of aliphatic hydroxyl groups excluding tert-OH is 2. The van der Waals surface area contributed by atoms with Gasteiger partial charge in [-0.2, -0.15) is 8.42 Å². The molecule has 2 aliphatic rings. The number of benzene rings is 1. The number of nitrogens with one attached hydrogen (secondary N) is 2. The van der Waals surface area contributed by atoms with Crippen LogP contribution < -0.4 is 10.6 Å². The predicted octanol–water partition coefficient (Wildman–Crippen LogP) is 1.91. The van der Waals surface area contributed by atoms with Gasteiger partial charge in [0.25, 0.3) is 10.1 Å². The van der Waals surface area contributed by atoms with Gasteiger partial charge in [0.2, 0.25) is 11.8 Å². The molecule has 2 aliphatic heterocycles. The van der Waals surface area contributed by atoms with Crippen LogP contribution >= 0.6 is 0 Å². The Morgan fingerprint density at radius 2 is 1.74 bits per heavy atom. The molecule has 2 heterocycles. The van der Waals surface area contributed by atoms with Crippen LogP contribution in [0.5, 0.6) is 0 Å². The summed E-state index contributed by atoms with van der Waals surface area (Å²) in [6.07, 6.45) is 6.04. The quantitative estimate of drug-likeness (QED) is 0.182. The molecule has 0 radical (unpaired) electrons. The van der Waals surface area contributed by atoms with Gasteiger partial charge < -0.3 is 15.5 Å². The normalized spacial score (nSPS) is 23.1. The lowest BCUT2D eigenvalue weighted by Gasteiger charge is -2.34. The Kier molecular flexibility index (Phi) is 9.43. The van der Waals surface area contributed by atoms with Crippen molar-refractivity contribution in [2.75, 3.05) is 24.7 Å². The number of imide groups is 1. The van der Waals surface area contributed by atoms with Crippen LogP contribution in [0.2, 0.25) is 0 Å². The first-order valence-corrected chi connectivity index (χ1v) is 13.7. The SMILES string of the molecule is CS(=O)(=O)OCCCCCCCCCNc1cccc2c1C(O)N(C1CCC(=O)NC1=O)C2O. The third kappa shape index (κ3) is 6.98. The summed E-state index contributed by atoms with van der Waals surface area (Å²) in [5.74, 6) is -0.843. The van der Waals surface area contributed by atoms with Crippen LogP contribution in [0.15, 0.2) is 18.2 Å². The molecule has 2 amide bonds. The number of piperidine rings is 1. The Hall–Kier alpha value is -2.05. The zero-order valence-corrected chi connectivity index (χ0v) is 20.3. The molecule has 0 aliphatic carbocycles. The van der Waals surface area contributed by atoms with E-state index < -0.39 is 34.5 Å². The third-order valence-electron chi connectivity index (χ3n) is 6.24. The number of nitrogens with zero attached hydrogens (tertiary/aromatic N) is 1. The van der Waals surface area contributed by atoms with Crippen LogP contribution in [0.3, 0.4) is 0 Å². The second-order valence-electron chi connectivity index (χ2n) is 8.90. The van der Waals surface area contributed by atoms with Gasteiger partial charge in [0.05, 0.1) is 18.9 Å². The van der Waals surface area contributed by atoms with Crippen LogP contribution in [0.1, 0.15) is 81.4 Å². The molecular formula is C23H35N3O7S. The molecule has 3 rings (SSSR count). The number of amides is 2. The van der Waals surface area contributed by atoms with Gasteiger partial charge in [-0.05, 0) is 25.3 Å². The smallest absolute Gasteiger partial charge is 0.264 e. The molecule has 0 bridgehead atoms. The Labute approximate surface area is 200 Å². The van der Waals surface area contributed by atoms with Crippen molar-refractivity contribution >= 4 is 27.6 Å². The number of aliphatic hydroxyl groups is 2. The van der Waals surface area contributed by atoms with Crippen molar-refractivity contribution in [3.63, 3.8) is 0 Å². The van der Waals surface area contributed by atoms with Crippen LogP contribution in [0.4, 0.5) is 5.69 Å². The average Bonchev–Trinajstić information content (AvgIpc) is 3.02. The van der Waals surface area contributed by atoms with Crippen molar-refractivity contribution in [1.29, 1.82) is 0 Å². The van der Waals surface area contributed by atoms with Crippen LogP contribution in [-0.2, 0) is 23.9 Å². The predicted molar refractivity (Wildman–Crippen MR) is 126 cm³/mol. The van der Waals surface area contributed by atoms with Gasteiger partial charge >= 0.3 is 0 Å². The van der Waals surface area contributed by atoms with Gasteiger partial charge in [0.15, 0.2) is 0 Å². The van der Waals surface area contributed by atoms with Crippen molar-refractivity contribution in [2.24, 2.45) is 0 Å². The molecule has 10 nitrogen and oxygen atoms in total. The fourth-order valence-corrected chi connectivity index (χ4v) is 4.97. The summed E-state index contributed by atoms with van der Waals surface area (Å²) in [6, 6.07) is 4.61. The fourth-order valence-electron chi connectivity index (χ4n) is 4.55. The lowest BCUT2D eigenvalue weighted by Crippen LogP contribution is -2.52. The highest BCUT2D eigenvalue weighted by atomic mass is 32.2. The zero-order valence-electron chi connectivity index (χ0n) is 19.5. The third-order valence-corrected chi connectivity index (χ3v) is 6.84. The van der Waals surface area contributed by atoms with Crippen LogP contribution in [0.25, 0.3) is 0 Å². The van der Waals surface area contributed by atoms with E-state index in [0.717, 1.165) is 56.9 Å². The molecular weight excluding hydrogens is 462 g/mol. The molecule has 0 aromatic heterocycles. The molecule has 1 saturated heterocycles. The van der Waals surface area contributed by atoms with Gasteiger partial charge in [0.1, 0.15) is 12.5 Å². The maximum absolute atomic E-state index is 12.3. The van der Waals surface area contributed by atoms with E-state index in [-0.39, 0.29) is 25.4 Å². The number of carbonyl (C=O) groups excluding carboxylic acids is 2. The number of hydrogen-bond acceptors (Lipinski definition) is 9. The molecule has 1 aromatic rings. The molecule has 34 heavy (non-hydrogen) atoms. The van der Waals surface area contributed by atoms with Crippen LogP contribution in [-0.4, -0.2) is 60.8 Å². The van der Waals surface area contributed by atoms with Crippen molar-refractivity contribution in [3.05, 3.63) is 29.3 Å². The maximum atomic E-state index is 12.3. The summed E-state index contributed by atoms with van der Waals surface area (Å²) in [4.78, 5) is 25.1. The van der Waals surface area contributed by atoms with Gasteiger partial charge in [-0.25, -0.2) is 4.90 Å². The lowest BCUT2D eigenvalue weighted by atomic mass is 10.0.